The quantitative estimate of drug-likeness (QED) is 0.268. The average molecular weight is 642 g/mol. The average Bonchev–Trinajstić information content (AvgIpc) is 3.54. The SMILES string of the molecule is C[C@@H]1CCCN1Cc1sc(Nc2ncnc(N3CCN(CCC(=O)O)[C@@H](C)C3)c2F)nc1-c1ccc(Cl)c(C(F)(F)F)c1. The number of carboxylic acid groups (broad SMARTS) is 1. The van der Waals surface area contributed by atoms with E-state index in [4.69, 9.17) is 16.7 Å². The molecule has 9 nitrogen and oxygen atoms in total. The molecule has 15 heteroatoms. The Hall–Kier alpha value is -3.07. The highest BCUT2D eigenvalue weighted by molar-refractivity contribution is 7.16. The van der Waals surface area contributed by atoms with Crippen LogP contribution < -0.4 is 10.2 Å². The number of carboxylic acids is 1. The molecule has 2 aliphatic rings. The number of rotatable bonds is 9. The fraction of sp³-hybridized carbons (Fsp3) is 0.500. The van der Waals surface area contributed by atoms with Gasteiger partial charge in [-0.15, -0.1) is 0 Å². The third-order valence-electron chi connectivity index (χ3n) is 7.95. The third-order valence-corrected chi connectivity index (χ3v) is 9.24. The smallest absolute Gasteiger partial charge is 0.417 e. The summed E-state index contributed by atoms with van der Waals surface area (Å²) in [7, 11) is 0. The van der Waals surface area contributed by atoms with Crippen molar-refractivity contribution in [3.63, 3.8) is 0 Å². The minimum atomic E-state index is -4.63. The molecule has 2 N–H and O–H groups in total. The van der Waals surface area contributed by atoms with Crippen LogP contribution in [0.2, 0.25) is 5.02 Å². The van der Waals surface area contributed by atoms with E-state index >= 15 is 4.39 Å². The summed E-state index contributed by atoms with van der Waals surface area (Å²) in [5.74, 6) is -1.53. The molecular formula is C28H32ClF4N7O2S. The number of hydrogen-bond donors (Lipinski definition) is 2. The molecule has 0 aliphatic carbocycles. The number of piperazine rings is 1. The maximum atomic E-state index is 15.8. The predicted octanol–water partition coefficient (Wildman–Crippen LogP) is 6.12. The molecule has 1 aromatic carbocycles. The number of alkyl halides is 3. The van der Waals surface area contributed by atoms with Crippen molar-refractivity contribution in [1.29, 1.82) is 0 Å². The lowest BCUT2D eigenvalue weighted by molar-refractivity contribution is -0.138. The molecule has 2 atom stereocenters. The molecule has 2 saturated heterocycles. The van der Waals surface area contributed by atoms with Crippen LogP contribution >= 0.6 is 22.9 Å². The number of halogens is 5. The van der Waals surface area contributed by atoms with Crippen molar-refractivity contribution in [2.45, 2.75) is 57.9 Å². The van der Waals surface area contributed by atoms with Gasteiger partial charge in [0.2, 0.25) is 5.82 Å². The summed E-state index contributed by atoms with van der Waals surface area (Å²) in [6.07, 6.45) is -1.30. The van der Waals surface area contributed by atoms with Gasteiger partial charge in [0.1, 0.15) is 6.33 Å². The van der Waals surface area contributed by atoms with Crippen LogP contribution in [-0.4, -0.2) is 80.6 Å². The van der Waals surface area contributed by atoms with E-state index in [1.807, 2.05) is 11.8 Å². The second-order valence-electron chi connectivity index (χ2n) is 10.9. The molecule has 2 aromatic heterocycles. The maximum Gasteiger partial charge on any atom is 0.417 e. The number of aromatic nitrogens is 3. The lowest BCUT2D eigenvalue weighted by atomic mass is 10.1. The minimum absolute atomic E-state index is 0.0168. The van der Waals surface area contributed by atoms with Gasteiger partial charge in [-0.1, -0.05) is 29.0 Å². The molecule has 232 valence electrons. The predicted molar refractivity (Wildman–Crippen MR) is 157 cm³/mol. The van der Waals surface area contributed by atoms with E-state index in [-0.39, 0.29) is 34.8 Å². The van der Waals surface area contributed by atoms with E-state index < -0.39 is 28.5 Å². The number of nitrogens with one attached hydrogen (secondary N) is 1. The van der Waals surface area contributed by atoms with Gasteiger partial charge < -0.3 is 15.3 Å². The second-order valence-corrected chi connectivity index (χ2v) is 12.4. The van der Waals surface area contributed by atoms with Crippen molar-refractivity contribution >= 4 is 45.7 Å². The normalized spacial score (nSPS) is 20.1. The topological polar surface area (TPSA) is 97.7 Å². The van der Waals surface area contributed by atoms with Gasteiger partial charge in [0.15, 0.2) is 16.8 Å². The number of likely N-dealkylation sites (tertiary alicyclic amines) is 1. The first kappa shape index (κ1) is 31.4. The molecule has 0 unspecified atom stereocenters. The van der Waals surface area contributed by atoms with Crippen LogP contribution in [0.25, 0.3) is 11.3 Å². The Morgan fingerprint density at radius 1 is 1.16 bits per heavy atom. The zero-order chi connectivity index (χ0) is 30.9. The zero-order valence-electron chi connectivity index (χ0n) is 23.7. The molecular weight excluding hydrogens is 610 g/mol. The summed E-state index contributed by atoms with van der Waals surface area (Å²) in [4.78, 5) is 30.7. The van der Waals surface area contributed by atoms with E-state index in [9.17, 15) is 18.0 Å². The molecule has 5 rings (SSSR count). The third kappa shape index (κ3) is 7.19. The van der Waals surface area contributed by atoms with Gasteiger partial charge in [-0.25, -0.2) is 15.0 Å². The van der Waals surface area contributed by atoms with Gasteiger partial charge in [-0.05, 0) is 45.4 Å². The monoisotopic (exact) mass is 641 g/mol. The van der Waals surface area contributed by atoms with Crippen LogP contribution in [0.15, 0.2) is 24.5 Å². The van der Waals surface area contributed by atoms with E-state index in [0.717, 1.165) is 30.3 Å². The van der Waals surface area contributed by atoms with Crippen LogP contribution in [0, 0.1) is 5.82 Å². The van der Waals surface area contributed by atoms with Gasteiger partial charge in [0.25, 0.3) is 0 Å². The molecule has 2 fully saturated rings. The molecule has 0 bridgehead atoms. The summed E-state index contributed by atoms with van der Waals surface area (Å²) in [6.45, 7) is 7.28. The number of anilines is 3. The zero-order valence-corrected chi connectivity index (χ0v) is 25.2. The van der Waals surface area contributed by atoms with Crippen molar-refractivity contribution in [3.8, 4) is 11.3 Å². The fourth-order valence-corrected chi connectivity index (χ4v) is 6.80. The van der Waals surface area contributed by atoms with Crippen molar-refractivity contribution in [1.82, 2.24) is 24.8 Å². The van der Waals surface area contributed by atoms with Crippen LogP contribution in [0.5, 0.6) is 0 Å². The maximum absolute atomic E-state index is 15.8. The van der Waals surface area contributed by atoms with Crippen molar-refractivity contribution < 1.29 is 27.5 Å². The lowest BCUT2D eigenvalue weighted by Gasteiger charge is -2.40. The number of thiazole rings is 1. The van der Waals surface area contributed by atoms with Crippen LogP contribution in [-0.2, 0) is 17.5 Å². The largest absolute Gasteiger partial charge is 0.481 e. The molecule has 43 heavy (non-hydrogen) atoms. The van der Waals surface area contributed by atoms with Gasteiger partial charge in [-0.3, -0.25) is 14.6 Å². The Balaban J connectivity index is 1.41. The molecule has 0 radical (unpaired) electrons. The van der Waals surface area contributed by atoms with Crippen molar-refractivity contribution in [2.24, 2.45) is 0 Å². The molecule has 0 spiro atoms. The van der Waals surface area contributed by atoms with E-state index in [0.29, 0.717) is 44.5 Å². The van der Waals surface area contributed by atoms with Gasteiger partial charge >= 0.3 is 12.1 Å². The number of aliphatic carboxylic acids is 1. The van der Waals surface area contributed by atoms with Crippen LogP contribution in [0.3, 0.4) is 0 Å². The standard InChI is InChI=1S/C28H32ClF4N7O2S/c1-16-4-3-8-39(16)14-21-24(18-5-6-20(29)19(12-18)28(31,32)33)36-27(43-21)37-25-23(30)26(35-15-34-25)40-11-10-38(17(2)13-40)9-7-22(41)42/h5-6,12,15-17H,3-4,7-11,13-14H2,1-2H3,(H,41,42)(H,34,35,36,37)/t16-,17+/m1/s1. The molecule has 0 saturated carbocycles. The summed E-state index contributed by atoms with van der Waals surface area (Å²) in [5, 5.41) is 11.8. The van der Waals surface area contributed by atoms with E-state index in [1.54, 1.807) is 4.90 Å². The highest BCUT2D eigenvalue weighted by atomic mass is 35.5. The first-order valence-corrected chi connectivity index (χ1v) is 15.2. The fourth-order valence-electron chi connectivity index (χ4n) is 5.57. The number of benzene rings is 1. The first-order valence-electron chi connectivity index (χ1n) is 14.0. The molecule has 3 aromatic rings. The Morgan fingerprint density at radius 2 is 1.95 bits per heavy atom. The van der Waals surface area contributed by atoms with Crippen LogP contribution in [0.1, 0.15) is 43.6 Å². The highest BCUT2D eigenvalue weighted by Gasteiger charge is 2.34. The Morgan fingerprint density at radius 3 is 2.63 bits per heavy atom. The number of carbonyl (C=O) groups is 1. The highest BCUT2D eigenvalue weighted by Crippen LogP contribution is 2.40. The Bertz CT molecular complexity index is 1470. The Kier molecular flexibility index (Phi) is 9.40. The van der Waals surface area contributed by atoms with Gasteiger partial charge in [0, 0.05) is 55.2 Å². The minimum Gasteiger partial charge on any atom is -0.481 e. The summed E-state index contributed by atoms with van der Waals surface area (Å²) < 4.78 is 56.7. The lowest BCUT2D eigenvalue weighted by Crippen LogP contribution is -2.52. The van der Waals surface area contributed by atoms with E-state index in [2.05, 4.69) is 32.1 Å². The molecule has 2 aliphatic heterocycles. The number of hydrogen-bond acceptors (Lipinski definition) is 9. The Labute approximate surface area is 255 Å². The molecule has 4 heterocycles. The van der Waals surface area contributed by atoms with E-state index in [1.165, 1.54) is 29.8 Å². The number of nitrogens with zero attached hydrogens (tertiary/aromatic N) is 6. The van der Waals surface area contributed by atoms with Crippen molar-refractivity contribution in [3.05, 3.63) is 45.8 Å². The van der Waals surface area contributed by atoms with Crippen molar-refractivity contribution in [2.75, 3.05) is 42.9 Å². The summed E-state index contributed by atoms with van der Waals surface area (Å²) in [6, 6.07) is 4.02. The van der Waals surface area contributed by atoms with Gasteiger partial charge in [-0.2, -0.15) is 17.6 Å². The van der Waals surface area contributed by atoms with Crippen LogP contribution in [0.4, 0.5) is 34.3 Å². The van der Waals surface area contributed by atoms with Gasteiger partial charge in [0.05, 0.1) is 22.7 Å². The second kappa shape index (κ2) is 12.9. The first-order chi connectivity index (χ1) is 20.4. The summed E-state index contributed by atoms with van der Waals surface area (Å²) in [5.41, 5.74) is -0.310. The molecule has 0 amide bonds. The summed E-state index contributed by atoms with van der Waals surface area (Å²) >= 11 is 7.12.